The summed E-state index contributed by atoms with van der Waals surface area (Å²) in [4.78, 5) is 22.1. The first-order chi connectivity index (χ1) is 7.16. The van der Waals surface area contributed by atoms with Gasteiger partial charge in [-0.3, -0.25) is 9.59 Å². The number of nitrogens with one attached hydrogen (secondary N) is 1. The van der Waals surface area contributed by atoms with E-state index in [-0.39, 0.29) is 12.3 Å². The molecule has 1 aromatic rings. The maximum Gasteiger partial charge on any atom is 0.304 e. The molecule has 0 unspecified atom stereocenters. The molecule has 15 heavy (non-hydrogen) atoms. The molecule has 1 aliphatic heterocycles. The predicted octanol–water partition coefficient (Wildman–Crippen LogP) is 1.27. The summed E-state index contributed by atoms with van der Waals surface area (Å²) in [5.41, 5.74) is 1.80. The number of carboxylic acids is 1. The number of hydrogen-bond donors (Lipinski definition) is 2. The predicted molar refractivity (Wildman–Crippen MR) is 54.5 cm³/mol. The molecule has 0 saturated carbocycles. The van der Waals surface area contributed by atoms with Crippen LogP contribution in [-0.2, 0) is 16.0 Å². The Balaban J connectivity index is 2.22. The number of hydrogen-bond acceptors (Lipinski definition) is 2. The van der Waals surface area contributed by atoms with Gasteiger partial charge >= 0.3 is 5.97 Å². The van der Waals surface area contributed by atoms with Gasteiger partial charge < -0.3 is 10.4 Å². The van der Waals surface area contributed by atoms with Gasteiger partial charge in [-0.25, -0.2) is 0 Å². The Bertz CT molecular complexity index is 414. The fourth-order valence-corrected chi connectivity index (χ4v) is 1.79. The van der Waals surface area contributed by atoms with Gasteiger partial charge in [-0.1, -0.05) is 18.2 Å². The number of fused-ring (bicyclic) bond motifs is 1. The lowest BCUT2D eigenvalue weighted by Crippen LogP contribution is -2.31. The van der Waals surface area contributed by atoms with Crippen molar-refractivity contribution in [3.63, 3.8) is 0 Å². The highest BCUT2D eigenvalue weighted by molar-refractivity contribution is 5.97. The van der Waals surface area contributed by atoms with Crippen LogP contribution in [0.5, 0.6) is 0 Å². The van der Waals surface area contributed by atoms with Gasteiger partial charge in [-0.15, -0.1) is 0 Å². The van der Waals surface area contributed by atoms with Crippen molar-refractivity contribution in [2.45, 2.75) is 12.8 Å². The van der Waals surface area contributed by atoms with Gasteiger partial charge in [0.05, 0.1) is 12.3 Å². The Labute approximate surface area is 86.9 Å². The molecule has 1 heterocycles. The lowest BCUT2D eigenvalue weighted by Gasteiger charge is -2.23. The van der Waals surface area contributed by atoms with E-state index in [1.54, 1.807) is 0 Å². The molecular formula is C11H11NO3. The van der Waals surface area contributed by atoms with Crippen molar-refractivity contribution in [2.24, 2.45) is 5.92 Å². The number of rotatable bonds is 2. The van der Waals surface area contributed by atoms with Gasteiger partial charge in [-0.05, 0) is 18.1 Å². The van der Waals surface area contributed by atoms with E-state index in [4.69, 9.17) is 5.11 Å². The Hall–Kier alpha value is -1.84. The number of anilines is 1. The van der Waals surface area contributed by atoms with Crippen molar-refractivity contribution in [1.29, 1.82) is 0 Å². The molecule has 0 aliphatic carbocycles. The van der Waals surface area contributed by atoms with Crippen LogP contribution in [0.25, 0.3) is 0 Å². The molecule has 0 radical (unpaired) electrons. The largest absolute Gasteiger partial charge is 0.481 e. The minimum absolute atomic E-state index is 0.111. The van der Waals surface area contributed by atoms with Crippen LogP contribution in [0.3, 0.4) is 0 Å². The van der Waals surface area contributed by atoms with Crippen LogP contribution < -0.4 is 5.32 Å². The quantitative estimate of drug-likeness (QED) is 0.764. The number of carbonyl (C=O) groups is 2. The zero-order chi connectivity index (χ0) is 10.8. The van der Waals surface area contributed by atoms with Crippen LogP contribution in [0.15, 0.2) is 24.3 Å². The summed E-state index contributed by atoms with van der Waals surface area (Å²) in [5, 5.41) is 11.4. The Morgan fingerprint density at radius 1 is 1.47 bits per heavy atom. The summed E-state index contributed by atoms with van der Waals surface area (Å²) in [6, 6.07) is 7.46. The maximum absolute atomic E-state index is 11.5. The van der Waals surface area contributed by atoms with Gasteiger partial charge in [0, 0.05) is 5.69 Å². The highest BCUT2D eigenvalue weighted by Gasteiger charge is 2.27. The Morgan fingerprint density at radius 2 is 2.20 bits per heavy atom. The highest BCUT2D eigenvalue weighted by Crippen LogP contribution is 2.26. The average molecular weight is 205 g/mol. The van der Waals surface area contributed by atoms with Crippen molar-refractivity contribution in [2.75, 3.05) is 5.32 Å². The van der Waals surface area contributed by atoms with Crippen LogP contribution in [0.2, 0.25) is 0 Å². The second-order valence-corrected chi connectivity index (χ2v) is 3.65. The van der Waals surface area contributed by atoms with Crippen LogP contribution in [0.1, 0.15) is 12.0 Å². The van der Waals surface area contributed by atoms with Crippen molar-refractivity contribution in [1.82, 2.24) is 0 Å². The molecule has 1 amide bonds. The van der Waals surface area contributed by atoms with E-state index in [1.807, 2.05) is 24.3 Å². The molecule has 4 nitrogen and oxygen atoms in total. The summed E-state index contributed by atoms with van der Waals surface area (Å²) < 4.78 is 0. The van der Waals surface area contributed by atoms with E-state index >= 15 is 0 Å². The first-order valence-electron chi connectivity index (χ1n) is 4.77. The van der Waals surface area contributed by atoms with Gasteiger partial charge in [-0.2, -0.15) is 0 Å². The molecule has 1 aliphatic rings. The molecule has 2 N–H and O–H groups in total. The van der Waals surface area contributed by atoms with E-state index in [0.717, 1.165) is 11.3 Å². The molecule has 0 spiro atoms. The van der Waals surface area contributed by atoms with E-state index < -0.39 is 11.9 Å². The zero-order valence-corrected chi connectivity index (χ0v) is 8.06. The molecule has 0 bridgehead atoms. The van der Waals surface area contributed by atoms with Gasteiger partial charge in [0.2, 0.25) is 5.91 Å². The molecule has 78 valence electrons. The third-order valence-electron chi connectivity index (χ3n) is 2.53. The third kappa shape index (κ3) is 1.98. The minimum atomic E-state index is -0.936. The summed E-state index contributed by atoms with van der Waals surface area (Å²) in [7, 11) is 0. The third-order valence-corrected chi connectivity index (χ3v) is 2.53. The molecule has 0 saturated heterocycles. The minimum Gasteiger partial charge on any atom is -0.481 e. The second kappa shape index (κ2) is 3.73. The molecule has 1 atom stereocenters. The Kier molecular flexibility index (Phi) is 2.41. The Morgan fingerprint density at radius 3 is 2.93 bits per heavy atom. The van der Waals surface area contributed by atoms with E-state index in [9.17, 15) is 9.59 Å². The number of amides is 1. The normalized spacial score (nSPS) is 19.2. The van der Waals surface area contributed by atoms with Gasteiger partial charge in [0.25, 0.3) is 0 Å². The van der Waals surface area contributed by atoms with Crippen molar-refractivity contribution < 1.29 is 14.7 Å². The lowest BCUT2D eigenvalue weighted by molar-refractivity contribution is -0.140. The van der Waals surface area contributed by atoms with Crippen molar-refractivity contribution in [3.8, 4) is 0 Å². The van der Waals surface area contributed by atoms with Crippen LogP contribution in [0.4, 0.5) is 5.69 Å². The fourth-order valence-electron chi connectivity index (χ4n) is 1.79. The molecule has 0 fully saturated rings. The first kappa shape index (κ1) is 9.71. The topological polar surface area (TPSA) is 66.4 Å². The van der Waals surface area contributed by atoms with E-state index in [0.29, 0.717) is 6.42 Å². The van der Waals surface area contributed by atoms with E-state index in [1.165, 1.54) is 0 Å². The highest BCUT2D eigenvalue weighted by atomic mass is 16.4. The molecular weight excluding hydrogens is 194 g/mol. The number of para-hydroxylation sites is 1. The fraction of sp³-hybridized carbons (Fsp3) is 0.273. The number of aliphatic carboxylic acids is 1. The maximum atomic E-state index is 11.5. The second-order valence-electron chi connectivity index (χ2n) is 3.65. The summed E-state index contributed by atoms with van der Waals surface area (Å²) in [5.74, 6) is -1.58. The van der Waals surface area contributed by atoms with Gasteiger partial charge in [0.1, 0.15) is 0 Å². The van der Waals surface area contributed by atoms with Crippen LogP contribution in [-0.4, -0.2) is 17.0 Å². The van der Waals surface area contributed by atoms with Crippen molar-refractivity contribution in [3.05, 3.63) is 29.8 Å². The van der Waals surface area contributed by atoms with Crippen LogP contribution in [0, 0.1) is 5.92 Å². The monoisotopic (exact) mass is 205 g/mol. The standard InChI is InChI=1S/C11H11NO3/c13-10(14)6-8-5-7-3-1-2-4-9(7)12-11(8)15/h1-4,8H,5-6H2,(H,12,15)(H,13,14)/t8-/m0/s1. The van der Waals surface area contributed by atoms with Gasteiger partial charge in [0.15, 0.2) is 0 Å². The zero-order valence-electron chi connectivity index (χ0n) is 8.06. The smallest absolute Gasteiger partial charge is 0.304 e. The molecule has 1 aromatic carbocycles. The first-order valence-corrected chi connectivity index (χ1v) is 4.77. The summed E-state index contributed by atoms with van der Waals surface area (Å²) in [6.45, 7) is 0. The molecule has 0 aromatic heterocycles. The SMILES string of the molecule is O=C(O)C[C@@H]1Cc2ccccc2NC1=O. The number of benzene rings is 1. The lowest BCUT2D eigenvalue weighted by atomic mass is 9.91. The summed E-state index contributed by atoms with van der Waals surface area (Å²) >= 11 is 0. The van der Waals surface area contributed by atoms with Crippen molar-refractivity contribution >= 4 is 17.6 Å². The van der Waals surface area contributed by atoms with Crippen LogP contribution >= 0.6 is 0 Å². The molecule has 2 rings (SSSR count). The number of carbonyl (C=O) groups excluding carboxylic acids is 1. The summed E-state index contributed by atoms with van der Waals surface area (Å²) in [6.07, 6.45) is 0.397. The number of carboxylic acid groups (broad SMARTS) is 1. The average Bonchev–Trinajstić information content (AvgIpc) is 2.18. The molecule has 4 heteroatoms. The van der Waals surface area contributed by atoms with E-state index in [2.05, 4.69) is 5.32 Å².